The largest absolute Gasteiger partial charge is 0.496 e. The Kier molecular flexibility index (Phi) is 7.13. The van der Waals surface area contributed by atoms with Crippen LogP contribution in [0.3, 0.4) is 0 Å². The van der Waals surface area contributed by atoms with Crippen molar-refractivity contribution in [3.8, 4) is 5.75 Å². The lowest BCUT2D eigenvalue weighted by Crippen LogP contribution is -2.38. The van der Waals surface area contributed by atoms with E-state index in [-0.39, 0.29) is 18.0 Å². The van der Waals surface area contributed by atoms with Crippen molar-refractivity contribution in [3.05, 3.63) is 29.8 Å². The van der Waals surface area contributed by atoms with Gasteiger partial charge in [0.15, 0.2) is 6.61 Å². The summed E-state index contributed by atoms with van der Waals surface area (Å²) < 4.78 is 9.92. The molecule has 8 heteroatoms. The Balaban J connectivity index is 1.79. The molecule has 0 spiro atoms. The average Bonchev–Trinajstić information content (AvgIpc) is 2.84. The molecule has 140 valence electrons. The molecule has 0 radical (unpaired) electrons. The quantitative estimate of drug-likeness (QED) is 0.755. The van der Waals surface area contributed by atoms with Crippen LogP contribution >= 0.6 is 0 Å². The van der Waals surface area contributed by atoms with E-state index < -0.39 is 24.4 Å². The molecule has 8 nitrogen and oxygen atoms in total. The second-order valence-corrected chi connectivity index (χ2v) is 5.86. The Morgan fingerprint density at radius 3 is 2.69 bits per heavy atom. The van der Waals surface area contributed by atoms with Crippen molar-refractivity contribution in [3.63, 3.8) is 0 Å². The second kappa shape index (κ2) is 9.55. The van der Waals surface area contributed by atoms with Crippen molar-refractivity contribution < 1.29 is 28.7 Å². The van der Waals surface area contributed by atoms with E-state index in [2.05, 4.69) is 5.32 Å². The first-order valence-electron chi connectivity index (χ1n) is 8.42. The van der Waals surface area contributed by atoms with Gasteiger partial charge < -0.3 is 14.4 Å². The van der Waals surface area contributed by atoms with Crippen LogP contribution in [0.15, 0.2) is 24.3 Å². The topological polar surface area (TPSA) is 102 Å². The lowest BCUT2D eigenvalue weighted by Gasteiger charge is -2.19. The third kappa shape index (κ3) is 5.58. The van der Waals surface area contributed by atoms with Crippen molar-refractivity contribution >= 4 is 23.7 Å². The van der Waals surface area contributed by atoms with E-state index in [0.717, 1.165) is 19.3 Å². The number of hydrogen-bond donors (Lipinski definition) is 1. The smallest absolute Gasteiger partial charge is 0.326 e. The summed E-state index contributed by atoms with van der Waals surface area (Å²) in [6.45, 7) is -0.277. The van der Waals surface area contributed by atoms with E-state index in [1.54, 1.807) is 18.2 Å². The van der Waals surface area contributed by atoms with Crippen molar-refractivity contribution in [1.82, 2.24) is 10.2 Å². The van der Waals surface area contributed by atoms with Gasteiger partial charge in [-0.3, -0.25) is 24.5 Å². The molecule has 26 heavy (non-hydrogen) atoms. The number of para-hydroxylation sites is 1. The maximum absolute atomic E-state index is 12.1. The minimum Gasteiger partial charge on any atom is -0.496 e. The molecule has 1 heterocycles. The Labute approximate surface area is 151 Å². The van der Waals surface area contributed by atoms with Crippen LogP contribution in [0, 0.1) is 0 Å². The van der Waals surface area contributed by atoms with Crippen LogP contribution < -0.4 is 10.1 Å². The SMILES string of the molecule is COc1ccccc1C(=O)NC(=O)COC(=O)CN1CCCCCC1=O. The number of rotatable bonds is 6. The summed E-state index contributed by atoms with van der Waals surface area (Å²) in [6.07, 6.45) is 3.02. The summed E-state index contributed by atoms with van der Waals surface area (Å²) >= 11 is 0. The summed E-state index contributed by atoms with van der Waals surface area (Å²) in [7, 11) is 1.42. The fraction of sp³-hybridized carbons (Fsp3) is 0.444. The Morgan fingerprint density at radius 1 is 1.15 bits per heavy atom. The zero-order valence-electron chi connectivity index (χ0n) is 14.7. The number of methoxy groups -OCH3 is 1. The molecular formula is C18H22N2O6. The molecular weight excluding hydrogens is 340 g/mol. The van der Waals surface area contributed by atoms with E-state index in [1.807, 2.05) is 0 Å². The average molecular weight is 362 g/mol. The van der Waals surface area contributed by atoms with Crippen LogP contribution in [0.4, 0.5) is 0 Å². The Bertz CT molecular complexity index is 688. The highest BCUT2D eigenvalue weighted by molar-refractivity contribution is 6.06. The van der Waals surface area contributed by atoms with Crippen molar-refractivity contribution in [2.45, 2.75) is 25.7 Å². The molecule has 1 N–H and O–H groups in total. The highest BCUT2D eigenvalue weighted by Gasteiger charge is 2.21. The number of amides is 3. The first-order valence-corrected chi connectivity index (χ1v) is 8.42. The summed E-state index contributed by atoms with van der Waals surface area (Å²) in [6, 6.07) is 6.44. The van der Waals surface area contributed by atoms with Crippen LogP contribution in [0.1, 0.15) is 36.0 Å². The monoisotopic (exact) mass is 362 g/mol. The molecule has 3 amide bonds. The zero-order valence-corrected chi connectivity index (χ0v) is 14.7. The predicted molar refractivity (Wildman–Crippen MR) is 91.5 cm³/mol. The standard InChI is InChI=1S/C18H22N2O6/c1-25-14-8-5-4-7-13(14)18(24)19-15(21)12-26-17(23)11-20-10-6-2-3-9-16(20)22/h4-5,7-8H,2-3,6,9-12H2,1H3,(H,19,21,24). The normalized spacial score (nSPS) is 14.3. The highest BCUT2D eigenvalue weighted by atomic mass is 16.5. The van der Waals surface area contributed by atoms with Crippen molar-refractivity contribution in [1.29, 1.82) is 0 Å². The van der Waals surface area contributed by atoms with Crippen LogP contribution in [-0.4, -0.2) is 55.4 Å². The third-order valence-electron chi connectivity index (χ3n) is 3.96. The number of ether oxygens (including phenoxy) is 2. The molecule has 1 aliphatic rings. The number of nitrogens with zero attached hydrogens (tertiary/aromatic N) is 1. The lowest BCUT2D eigenvalue weighted by molar-refractivity contribution is -0.152. The van der Waals surface area contributed by atoms with Crippen LogP contribution in [0.25, 0.3) is 0 Å². The summed E-state index contributed by atoms with van der Waals surface area (Å²) in [5, 5.41) is 2.13. The van der Waals surface area contributed by atoms with E-state index in [9.17, 15) is 19.2 Å². The van der Waals surface area contributed by atoms with Gasteiger partial charge in [0, 0.05) is 13.0 Å². The van der Waals surface area contributed by atoms with E-state index in [1.165, 1.54) is 18.1 Å². The second-order valence-electron chi connectivity index (χ2n) is 5.86. The number of imide groups is 1. The van der Waals surface area contributed by atoms with Gasteiger partial charge in [0.2, 0.25) is 5.91 Å². The first kappa shape index (κ1) is 19.4. The van der Waals surface area contributed by atoms with Crippen LogP contribution in [0.2, 0.25) is 0 Å². The van der Waals surface area contributed by atoms with Gasteiger partial charge in [0.1, 0.15) is 12.3 Å². The Hall–Kier alpha value is -2.90. The Morgan fingerprint density at radius 2 is 1.92 bits per heavy atom. The van der Waals surface area contributed by atoms with Crippen molar-refractivity contribution in [2.75, 3.05) is 26.8 Å². The van der Waals surface area contributed by atoms with Gasteiger partial charge in [0.05, 0.1) is 12.7 Å². The highest BCUT2D eigenvalue weighted by Crippen LogP contribution is 2.16. The molecule has 1 aliphatic heterocycles. The molecule has 0 unspecified atom stereocenters. The molecule has 0 aromatic heterocycles. The predicted octanol–water partition coefficient (Wildman–Crippen LogP) is 0.897. The number of nitrogens with one attached hydrogen (secondary N) is 1. The van der Waals surface area contributed by atoms with Gasteiger partial charge in [-0.2, -0.15) is 0 Å². The van der Waals surface area contributed by atoms with E-state index in [4.69, 9.17) is 9.47 Å². The first-order chi connectivity index (χ1) is 12.5. The molecule has 1 fully saturated rings. The fourth-order valence-corrected chi connectivity index (χ4v) is 2.62. The molecule has 0 aliphatic carbocycles. The zero-order chi connectivity index (χ0) is 18.9. The van der Waals surface area contributed by atoms with Gasteiger partial charge in [-0.15, -0.1) is 0 Å². The molecule has 1 aromatic carbocycles. The molecule has 1 saturated heterocycles. The number of hydrogen-bond acceptors (Lipinski definition) is 6. The molecule has 0 saturated carbocycles. The van der Waals surface area contributed by atoms with E-state index in [0.29, 0.717) is 18.7 Å². The maximum atomic E-state index is 12.1. The van der Waals surface area contributed by atoms with Gasteiger partial charge in [0.25, 0.3) is 11.8 Å². The number of carbonyl (C=O) groups excluding carboxylic acids is 4. The third-order valence-corrected chi connectivity index (χ3v) is 3.96. The van der Waals surface area contributed by atoms with Crippen LogP contribution in [0.5, 0.6) is 5.75 Å². The van der Waals surface area contributed by atoms with Crippen LogP contribution in [-0.2, 0) is 19.1 Å². The number of esters is 1. The molecule has 1 aromatic rings. The molecule has 0 bridgehead atoms. The molecule has 0 atom stereocenters. The summed E-state index contributed by atoms with van der Waals surface area (Å²) in [4.78, 5) is 49.0. The van der Waals surface area contributed by atoms with Gasteiger partial charge in [-0.25, -0.2) is 0 Å². The van der Waals surface area contributed by atoms with Gasteiger partial charge in [-0.1, -0.05) is 18.6 Å². The maximum Gasteiger partial charge on any atom is 0.326 e. The number of carbonyl (C=O) groups is 4. The lowest BCUT2D eigenvalue weighted by atomic mass is 10.2. The minimum atomic E-state index is -0.753. The number of benzene rings is 1. The fourth-order valence-electron chi connectivity index (χ4n) is 2.62. The van der Waals surface area contributed by atoms with Gasteiger partial charge >= 0.3 is 5.97 Å². The van der Waals surface area contributed by atoms with Gasteiger partial charge in [-0.05, 0) is 25.0 Å². The van der Waals surface area contributed by atoms with Crippen molar-refractivity contribution in [2.24, 2.45) is 0 Å². The summed E-state index contributed by atoms with van der Waals surface area (Å²) in [5.41, 5.74) is 0.199. The number of likely N-dealkylation sites (tertiary alicyclic amines) is 1. The molecule has 2 rings (SSSR count). The van der Waals surface area contributed by atoms with E-state index >= 15 is 0 Å². The minimum absolute atomic E-state index is 0.0877. The summed E-state index contributed by atoms with van der Waals surface area (Å²) in [5.74, 6) is -1.84.